The second-order valence-corrected chi connectivity index (χ2v) is 12.3. The van der Waals surface area contributed by atoms with E-state index in [9.17, 15) is 14.7 Å². The molecule has 1 unspecified atom stereocenters. The molecule has 0 bridgehead atoms. The van der Waals surface area contributed by atoms with Crippen molar-refractivity contribution in [1.29, 1.82) is 0 Å². The first kappa shape index (κ1) is 42.1. The largest absolute Gasteiger partial charge is 0.462 e. The Bertz CT molecular complexity index is 711. The minimum absolute atomic E-state index is 0.0678. The number of hydrogen-bond donors (Lipinski definition) is 1. The predicted molar refractivity (Wildman–Crippen MR) is 187 cm³/mol. The van der Waals surface area contributed by atoms with Crippen LogP contribution in [0, 0.1) is 0 Å². The molecule has 0 amide bonds. The second kappa shape index (κ2) is 35.6. The Balaban J connectivity index is 3.54. The smallest absolute Gasteiger partial charge is 0.306 e. The lowest BCUT2D eigenvalue weighted by Crippen LogP contribution is -2.28. The van der Waals surface area contributed by atoms with Crippen LogP contribution < -0.4 is 0 Å². The Morgan fingerprint density at radius 2 is 0.909 bits per heavy atom. The first-order chi connectivity index (χ1) is 21.6. The third-order valence-electron chi connectivity index (χ3n) is 7.94. The molecule has 1 atom stereocenters. The maximum atomic E-state index is 12.1. The third kappa shape index (κ3) is 33.0. The molecule has 0 aliphatic heterocycles. The van der Waals surface area contributed by atoms with E-state index in [4.69, 9.17) is 9.47 Å². The zero-order valence-corrected chi connectivity index (χ0v) is 28.9. The fraction of sp³-hybridized carbons (Fsp3) is 0.795. The molecule has 0 rings (SSSR count). The van der Waals surface area contributed by atoms with E-state index in [1.807, 2.05) is 0 Å². The molecule has 5 heteroatoms. The van der Waals surface area contributed by atoms with Gasteiger partial charge in [-0.25, -0.2) is 0 Å². The lowest BCUT2D eigenvalue weighted by molar-refractivity contribution is -0.161. The fourth-order valence-corrected chi connectivity index (χ4v) is 5.09. The maximum Gasteiger partial charge on any atom is 0.306 e. The normalized spacial score (nSPS) is 12.5. The average molecular weight is 619 g/mol. The molecule has 0 aromatic heterocycles. The molecule has 0 aromatic rings. The van der Waals surface area contributed by atoms with E-state index in [1.54, 1.807) is 0 Å². The van der Waals surface area contributed by atoms with Crippen LogP contribution in [0.3, 0.4) is 0 Å². The molecule has 0 saturated carbocycles. The summed E-state index contributed by atoms with van der Waals surface area (Å²) in [5.74, 6) is -0.606. The van der Waals surface area contributed by atoms with Crippen molar-refractivity contribution in [1.82, 2.24) is 0 Å². The number of aliphatic hydroxyl groups is 1. The molecule has 0 heterocycles. The molecule has 44 heavy (non-hydrogen) atoms. The molecule has 0 fully saturated rings. The highest BCUT2D eigenvalue weighted by atomic mass is 16.6. The van der Waals surface area contributed by atoms with Gasteiger partial charge in [-0.2, -0.15) is 0 Å². The topological polar surface area (TPSA) is 72.8 Å². The van der Waals surface area contributed by atoms with Gasteiger partial charge in [-0.15, -0.1) is 0 Å². The van der Waals surface area contributed by atoms with Crippen molar-refractivity contribution >= 4 is 11.9 Å². The van der Waals surface area contributed by atoms with Crippen LogP contribution in [0.15, 0.2) is 36.5 Å². The van der Waals surface area contributed by atoms with Crippen molar-refractivity contribution in [2.45, 2.75) is 187 Å². The number of ether oxygens (including phenoxy) is 2. The summed E-state index contributed by atoms with van der Waals surface area (Å²) in [6.07, 6.45) is 42.2. The van der Waals surface area contributed by atoms with Crippen LogP contribution in [0.1, 0.15) is 181 Å². The van der Waals surface area contributed by atoms with E-state index < -0.39 is 6.10 Å². The number of esters is 2. The number of carbonyl (C=O) groups excluding carboxylic acids is 2. The average Bonchev–Trinajstić information content (AvgIpc) is 3.02. The van der Waals surface area contributed by atoms with Gasteiger partial charge in [0.2, 0.25) is 0 Å². The number of rotatable bonds is 33. The summed E-state index contributed by atoms with van der Waals surface area (Å²) < 4.78 is 10.5. The summed E-state index contributed by atoms with van der Waals surface area (Å²) >= 11 is 0. The van der Waals surface area contributed by atoms with Gasteiger partial charge in [-0.05, 0) is 51.4 Å². The van der Waals surface area contributed by atoms with E-state index in [-0.39, 0.29) is 25.2 Å². The summed E-state index contributed by atoms with van der Waals surface area (Å²) in [5, 5.41) is 9.48. The summed E-state index contributed by atoms with van der Waals surface area (Å²) in [7, 11) is 0. The molecule has 256 valence electrons. The molecule has 0 aliphatic carbocycles. The van der Waals surface area contributed by atoms with Crippen molar-refractivity contribution in [2.75, 3.05) is 13.2 Å². The summed E-state index contributed by atoms with van der Waals surface area (Å²) in [5.41, 5.74) is 0. The van der Waals surface area contributed by atoms with Gasteiger partial charge in [0.05, 0.1) is 6.61 Å². The van der Waals surface area contributed by atoms with Gasteiger partial charge in [0.25, 0.3) is 0 Å². The molecule has 0 aliphatic rings. The highest BCUT2D eigenvalue weighted by molar-refractivity contribution is 5.70. The Hall–Kier alpha value is -1.88. The van der Waals surface area contributed by atoms with Gasteiger partial charge in [0.15, 0.2) is 6.10 Å². The Morgan fingerprint density at radius 1 is 0.523 bits per heavy atom. The van der Waals surface area contributed by atoms with E-state index in [1.165, 1.54) is 103 Å². The number of hydrogen-bond acceptors (Lipinski definition) is 5. The van der Waals surface area contributed by atoms with Crippen LogP contribution in [0.2, 0.25) is 0 Å². The van der Waals surface area contributed by atoms with Crippen LogP contribution in [-0.4, -0.2) is 36.4 Å². The maximum absolute atomic E-state index is 12.1. The third-order valence-corrected chi connectivity index (χ3v) is 7.94. The minimum atomic E-state index is -0.770. The van der Waals surface area contributed by atoms with E-state index in [2.05, 4.69) is 50.3 Å². The number of allylic oxidation sites excluding steroid dienone is 6. The molecular weight excluding hydrogens is 548 g/mol. The van der Waals surface area contributed by atoms with E-state index >= 15 is 0 Å². The summed E-state index contributed by atoms with van der Waals surface area (Å²) in [4.78, 5) is 24.0. The predicted octanol–water partition coefficient (Wildman–Crippen LogP) is 11.3. The number of carbonyl (C=O) groups is 2. The van der Waals surface area contributed by atoms with Crippen LogP contribution >= 0.6 is 0 Å². The fourth-order valence-electron chi connectivity index (χ4n) is 5.09. The highest BCUT2D eigenvalue weighted by Crippen LogP contribution is 2.13. The van der Waals surface area contributed by atoms with Gasteiger partial charge >= 0.3 is 11.9 Å². The summed E-state index contributed by atoms with van der Waals surface area (Å²) in [6, 6.07) is 0. The zero-order chi connectivity index (χ0) is 32.2. The Labute approximate surface area is 272 Å². The lowest BCUT2D eigenvalue weighted by atomic mass is 10.1. The second-order valence-electron chi connectivity index (χ2n) is 12.3. The van der Waals surface area contributed by atoms with Gasteiger partial charge in [0.1, 0.15) is 6.61 Å². The highest BCUT2D eigenvalue weighted by Gasteiger charge is 2.16. The SMILES string of the molecule is CCCCCCC/C=C\C/C=C\C/C=C\CCCCCCCCCCC(=O)OC(CO)COC(=O)CCCCCCCCC. The standard InChI is InChI=1S/C39H70O5/c1-3-5-7-9-11-12-13-14-15-16-17-18-19-20-21-22-23-24-25-26-28-30-32-34-39(42)44-37(35-40)36-43-38(41)33-31-29-27-10-8-6-4-2/h13-14,16-17,19-20,37,40H,3-12,15,18,21-36H2,1-2H3/b14-13-,17-16-,20-19-. The van der Waals surface area contributed by atoms with Crippen LogP contribution in [-0.2, 0) is 19.1 Å². The van der Waals surface area contributed by atoms with E-state index in [0.717, 1.165) is 51.4 Å². The van der Waals surface area contributed by atoms with Crippen molar-refractivity contribution < 1.29 is 24.2 Å². The minimum Gasteiger partial charge on any atom is -0.462 e. The van der Waals surface area contributed by atoms with Crippen molar-refractivity contribution in [2.24, 2.45) is 0 Å². The molecule has 0 spiro atoms. The first-order valence-corrected chi connectivity index (χ1v) is 18.5. The quantitative estimate of drug-likeness (QED) is 0.0450. The molecule has 5 nitrogen and oxygen atoms in total. The van der Waals surface area contributed by atoms with E-state index in [0.29, 0.717) is 12.8 Å². The molecule has 0 radical (unpaired) electrons. The zero-order valence-electron chi connectivity index (χ0n) is 28.9. The van der Waals surface area contributed by atoms with Gasteiger partial charge in [-0.3, -0.25) is 9.59 Å². The van der Waals surface area contributed by atoms with Gasteiger partial charge in [-0.1, -0.05) is 153 Å². The van der Waals surface area contributed by atoms with Crippen molar-refractivity contribution in [3.05, 3.63) is 36.5 Å². The van der Waals surface area contributed by atoms with Crippen LogP contribution in [0.4, 0.5) is 0 Å². The van der Waals surface area contributed by atoms with Gasteiger partial charge < -0.3 is 14.6 Å². The lowest BCUT2D eigenvalue weighted by Gasteiger charge is -2.15. The van der Waals surface area contributed by atoms with Crippen molar-refractivity contribution in [3.8, 4) is 0 Å². The van der Waals surface area contributed by atoms with Crippen LogP contribution in [0.5, 0.6) is 0 Å². The monoisotopic (exact) mass is 619 g/mol. The Kier molecular flexibility index (Phi) is 34.1. The van der Waals surface area contributed by atoms with Crippen LogP contribution in [0.25, 0.3) is 0 Å². The first-order valence-electron chi connectivity index (χ1n) is 18.5. The molecule has 1 N–H and O–H groups in total. The van der Waals surface area contributed by atoms with Gasteiger partial charge in [0, 0.05) is 12.8 Å². The molecule has 0 saturated heterocycles. The summed E-state index contributed by atoms with van der Waals surface area (Å²) in [6.45, 7) is 4.06. The molecular formula is C39H70O5. The Morgan fingerprint density at radius 3 is 1.36 bits per heavy atom. The molecule has 0 aromatic carbocycles. The number of unbranched alkanes of at least 4 members (excludes halogenated alkanes) is 19. The van der Waals surface area contributed by atoms with Crippen molar-refractivity contribution in [3.63, 3.8) is 0 Å². The number of aliphatic hydroxyl groups excluding tert-OH is 1.